The number of benzene rings is 2. The Balaban J connectivity index is 2.52. The van der Waals surface area contributed by atoms with Gasteiger partial charge in [-0.3, -0.25) is 4.79 Å². The van der Waals surface area contributed by atoms with Crippen molar-refractivity contribution >= 4 is 15.6 Å². The van der Waals surface area contributed by atoms with Crippen LogP contribution in [0.2, 0.25) is 0 Å². The monoisotopic (exact) mass is 288 g/mol. The van der Waals surface area contributed by atoms with Gasteiger partial charge in [-0.05, 0) is 18.6 Å². The predicted molar refractivity (Wildman–Crippen MR) is 78.7 cm³/mol. The molecule has 0 aliphatic heterocycles. The van der Waals surface area contributed by atoms with Gasteiger partial charge in [0.25, 0.3) is 0 Å². The highest BCUT2D eigenvalue weighted by Crippen LogP contribution is 2.21. The van der Waals surface area contributed by atoms with E-state index in [2.05, 4.69) is 0 Å². The van der Waals surface area contributed by atoms with Gasteiger partial charge in [-0.15, -0.1) is 0 Å². The number of sulfone groups is 1. The first kappa shape index (κ1) is 14.5. The van der Waals surface area contributed by atoms with Crippen LogP contribution in [-0.2, 0) is 9.84 Å². The molecular formula is C16H16O3S. The van der Waals surface area contributed by atoms with Gasteiger partial charge < -0.3 is 0 Å². The molecule has 0 heterocycles. The normalized spacial score (nSPS) is 11.2. The van der Waals surface area contributed by atoms with E-state index in [1.807, 2.05) is 6.07 Å². The van der Waals surface area contributed by atoms with Crippen LogP contribution in [0.1, 0.15) is 29.3 Å². The third-order valence-electron chi connectivity index (χ3n) is 2.98. The lowest BCUT2D eigenvalue weighted by Crippen LogP contribution is -2.12. The van der Waals surface area contributed by atoms with Crippen LogP contribution in [0.5, 0.6) is 0 Å². The average Bonchev–Trinajstić information content (AvgIpc) is 2.47. The van der Waals surface area contributed by atoms with Crippen LogP contribution in [0.3, 0.4) is 0 Å². The van der Waals surface area contributed by atoms with Crippen LogP contribution in [0.4, 0.5) is 0 Å². The van der Waals surface area contributed by atoms with Crippen molar-refractivity contribution in [1.29, 1.82) is 0 Å². The first-order chi connectivity index (χ1) is 9.56. The van der Waals surface area contributed by atoms with Crippen molar-refractivity contribution in [2.45, 2.75) is 18.2 Å². The van der Waals surface area contributed by atoms with E-state index in [1.54, 1.807) is 49.4 Å². The summed E-state index contributed by atoms with van der Waals surface area (Å²) in [5.41, 5.74) is 0.735. The fraction of sp³-hybridized carbons (Fsp3) is 0.188. The van der Waals surface area contributed by atoms with Crippen LogP contribution in [-0.4, -0.2) is 20.0 Å². The molecule has 0 aliphatic rings. The summed E-state index contributed by atoms with van der Waals surface area (Å²) < 4.78 is 24.5. The summed E-state index contributed by atoms with van der Waals surface area (Å²) in [4.78, 5) is 12.6. The first-order valence-corrected chi connectivity index (χ1v) is 8.13. The third-order valence-corrected chi connectivity index (χ3v) is 4.95. The zero-order valence-corrected chi connectivity index (χ0v) is 12.1. The molecule has 104 valence electrons. The maximum atomic E-state index is 12.5. The zero-order chi connectivity index (χ0) is 14.6. The van der Waals surface area contributed by atoms with Crippen LogP contribution in [0.15, 0.2) is 59.5 Å². The highest BCUT2D eigenvalue weighted by molar-refractivity contribution is 7.91. The fourth-order valence-corrected chi connectivity index (χ4v) is 3.59. The SMILES string of the molecule is CCCS(=O)(=O)c1ccccc1C(=O)c1ccccc1. The zero-order valence-electron chi connectivity index (χ0n) is 11.2. The van der Waals surface area contributed by atoms with E-state index in [1.165, 1.54) is 6.07 Å². The Morgan fingerprint density at radius 3 is 2.20 bits per heavy atom. The molecule has 2 aromatic rings. The molecule has 0 radical (unpaired) electrons. The van der Waals surface area contributed by atoms with Gasteiger partial charge in [0.15, 0.2) is 15.6 Å². The molecule has 0 N–H and O–H groups in total. The Hall–Kier alpha value is -1.94. The van der Waals surface area contributed by atoms with Gasteiger partial charge in [0.1, 0.15) is 0 Å². The van der Waals surface area contributed by atoms with Crippen molar-refractivity contribution in [2.75, 3.05) is 5.75 Å². The summed E-state index contributed by atoms with van der Waals surface area (Å²) in [6, 6.07) is 15.1. The smallest absolute Gasteiger partial charge is 0.194 e. The second kappa shape index (κ2) is 6.01. The van der Waals surface area contributed by atoms with Gasteiger partial charge >= 0.3 is 0 Å². The maximum absolute atomic E-state index is 12.5. The Kier molecular flexibility index (Phi) is 4.35. The second-order valence-corrected chi connectivity index (χ2v) is 6.59. The van der Waals surface area contributed by atoms with Gasteiger partial charge in [0, 0.05) is 11.1 Å². The quantitative estimate of drug-likeness (QED) is 0.794. The lowest BCUT2D eigenvalue weighted by atomic mass is 10.0. The van der Waals surface area contributed by atoms with Gasteiger partial charge in [-0.2, -0.15) is 0 Å². The van der Waals surface area contributed by atoms with Crippen molar-refractivity contribution in [3.63, 3.8) is 0 Å². The molecular weight excluding hydrogens is 272 g/mol. The molecule has 0 saturated carbocycles. The van der Waals surface area contributed by atoms with Gasteiger partial charge in [-0.1, -0.05) is 49.4 Å². The topological polar surface area (TPSA) is 51.2 Å². The van der Waals surface area contributed by atoms with Crippen LogP contribution in [0.25, 0.3) is 0 Å². The molecule has 0 saturated heterocycles. The molecule has 2 aromatic carbocycles. The molecule has 3 nitrogen and oxygen atoms in total. The van der Waals surface area contributed by atoms with E-state index in [-0.39, 0.29) is 22.0 Å². The summed E-state index contributed by atoms with van der Waals surface area (Å²) in [6.45, 7) is 1.80. The van der Waals surface area contributed by atoms with Crippen molar-refractivity contribution in [3.05, 3.63) is 65.7 Å². The summed E-state index contributed by atoms with van der Waals surface area (Å²) >= 11 is 0. The molecule has 0 spiro atoms. The largest absolute Gasteiger partial charge is 0.289 e. The van der Waals surface area contributed by atoms with Gasteiger partial charge in [-0.25, -0.2) is 8.42 Å². The average molecular weight is 288 g/mol. The highest BCUT2D eigenvalue weighted by Gasteiger charge is 2.21. The minimum absolute atomic E-state index is 0.0477. The van der Waals surface area contributed by atoms with Gasteiger partial charge in [0.05, 0.1) is 10.6 Å². The van der Waals surface area contributed by atoms with Crippen molar-refractivity contribution in [1.82, 2.24) is 0 Å². The fourth-order valence-electron chi connectivity index (χ4n) is 2.05. The molecule has 0 aliphatic carbocycles. The molecule has 0 aromatic heterocycles. The van der Waals surface area contributed by atoms with Crippen molar-refractivity contribution < 1.29 is 13.2 Å². The van der Waals surface area contributed by atoms with Crippen molar-refractivity contribution in [2.24, 2.45) is 0 Å². The standard InChI is InChI=1S/C16H16O3S/c1-2-12-20(18,19)15-11-7-6-10-14(15)16(17)13-8-4-3-5-9-13/h3-11H,2,12H2,1H3. The molecule has 4 heteroatoms. The molecule has 20 heavy (non-hydrogen) atoms. The molecule has 0 atom stereocenters. The van der Waals surface area contributed by atoms with Crippen LogP contribution >= 0.6 is 0 Å². The van der Waals surface area contributed by atoms with Crippen molar-refractivity contribution in [3.8, 4) is 0 Å². The maximum Gasteiger partial charge on any atom is 0.194 e. The van der Waals surface area contributed by atoms with E-state index in [0.717, 1.165) is 0 Å². The Morgan fingerprint density at radius 1 is 0.950 bits per heavy atom. The molecule has 0 amide bonds. The first-order valence-electron chi connectivity index (χ1n) is 6.48. The summed E-state index contributed by atoms with van der Waals surface area (Å²) in [6.07, 6.45) is 0.524. The number of hydrogen-bond donors (Lipinski definition) is 0. The van der Waals surface area contributed by atoms with E-state index < -0.39 is 9.84 Å². The predicted octanol–water partition coefficient (Wildman–Crippen LogP) is 3.10. The minimum Gasteiger partial charge on any atom is -0.289 e. The molecule has 0 unspecified atom stereocenters. The van der Waals surface area contributed by atoms with E-state index in [0.29, 0.717) is 12.0 Å². The Morgan fingerprint density at radius 2 is 1.55 bits per heavy atom. The summed E-state index contributed by atoms with van der Waals surface area (Å²) in [5.74, 6) is -0.215. The number of carbonyl (C=O) groups excluding carboxylic acids is 1. The summed E-state index contributed by atoms with van der Waals surface area (Å²) in [5, 5.41) is 0. The number of rotatable bonds is 5. The third kappa shape index (κ3) is 2.96. The Bertz CT molecular complexity index is 704. The summed E-state index contributed by atoms with van der Waals surface area (Å²) in [7, 11) is -3.41. The van der Waals surface area contributed by atoms with E-state index in [9.17, 15) is 13.2 Å². The van der Waals surface area contributed by atoms with E-state index in [4.69, 9.17) is 0 Å². The molecule has 0 bridgehead atoms. The lowest BCUT2D eigenvalue weighted by molar-refractivity contribution is 0.103. The molecule has 2 rings (SSSR count). The van der Waals surface area contributed by atoms with E-state index >= 15 is 0 Å². The number of carbonyl (C=O) groups is 1. The number of hydrogen-bond acceptors (Lipinski definition) is 3. The van der Waals surface area contributed by atoms with Crippen LogP contribution in [0, 0.1) is 0 Å². The minimum atomic E-state index is -3.41. The van der Waals surface area contributed by atoms with Gasteiger partial charge in [0.2, 0.25) is 0 Å². The lowest BCUT2D eigenvalue weighted by Gasteiger charge is -2.09. The Labute approximate surface area is 119 Å². The highest BCUT2D eigenvalue weighted by atomic mass is 32.2. The molecule has 0 fully saturated rings. The number of ketones is 1. The second-order valence-electron chi connectivity index (χ2n) is 4.51. The van der Waals surface area contributed by atoms with Crippen LogP contribution < -0.4 is 0 Å².